The number of nitrogens with one attached hydrogen (secondary N) is 2. The molecule has 0 amide bonds. The number of Topliss-reactive ketones (excluding diaryl/α,β-unsaturated/α-hetero) is 1. The van der Waals surface area contributed by atoms with Crippen molar-refractivity contribution in [3.63, 3.8) is 0 Å². The van der Waals surface area contributed by atoms with Gasteiger partial charge in [0.15, 0.2) is 5.78 Å². The van der Waals surface area contributed by atoms with E-state index in [1.807, 2.05) is 12.5 Å². The molecule has 2 rings (SSSR count). The Morgan fingerprint density at radius 3 is 3.00 bits per heavy atom. The van der Waals surface area contributed by atoms with E-state index in [0.717, 1.165) is 15.5 Å². The molecule has 4 N–H and O–H groups in total. The Hall–Kier alpha value is -1.47. The molecule has 0 aromatic carbocycles. The van der Waals surface area contributed by atoms with Gasteiger partial charge in [-0.25, -0.2) is 0 Å². The van der Waals surface area contributed by atoms with Gasteiger partial charge in [-0.05, 0) is 6.26 Å². The molecule has 18 heavy (non-hydrogen) atoms. The molecule has 2 aromatic heterocycles. The van der Waals surface area contributed by atoms with Gasteiger partial charge in [-0.1, -0.05) is 0 Å². The topological polar surface area (TPSA) is 83.8 Å². The molecule has 0 aliphatic rings. The number of nitrogen functional groups attached to an aromatic ring is 1. The van der Waals surface area contributed by atoms with Crippen molar-refractivity contribution in [1.29, 1.82) is 0 Å². The van der Waals surface area contributed by atoms with Gasteiger partial charge in [-0.3, -0.25) is 9.89 Å². The summed E-state index contributed by atoms with van der Waals surface area (Å²) in [6.07, 6.45) is 5.54. The Morgan fingerprint density at radius 1 is 1.67 bits per heavy atom. The zero-order chi connectivity index (χ0) is 13.1. The SMILES string of the molecule is CSc1c(NCc2cn[nH]c2)sc(C(C)=O)c1N. The number of carbonyl (C=O) groups excluding carboxylic acids is 1. The number of thioether (sulfide) groups is 1. The minimum absolute atomic E-state index is 0.00385. The molecule has 0 bridgehead atoms. The molecule has 0 fully saturated rings. The lowest BCUT2D eigenvalue weighted by Crippen LogP contribution is -1.97. The standard InChI is InChI=1S/C11H14N4OS2/c1-6(16)9-8(12)10(17-2)11(18-9)13-3-7-4-14-15-5-7/h4-5,13H,3,12H2,1-2H3,(H,14,15). The Balaban J connectivity index is 2.21. The summed E-state index contributed by atoms with van der Waals surface area (Å²) < 4.78 is 0. The van der Waals surface area contributed by atoms with E-state index in [9.17, 15) is 4.79 Å². The van der Waals surface area contributed by atoms with Crippen LogP contribution in [-0.4, -0.2) is 22.2 Å². The fourth-order valence-electron chi connectivity index (χ4n) is 1.57. The molecule has 5 nitrogen and oxygen atoms in total. The van der Waals surface area contributed by atoms with Crippen LogP contribution in [0, 0.1) is 0 Å². The molecular weight excluding hydrogens is 268 g/mol. The van der Waals surface area contributed by atoms with Crippen molar-refractivity contribution in [1.82, 2.24) is 10.2 Å². The number of thiophene rings is 1. The van der Waals surface area contributed by atoms with Crippen molar-refractivity contribution >= 4 is 39.6 Å². The highest BCUT2D eigenvalue weighted by atomic mass is 32.2. The zero-order valence-corrected chi connectivity index (χ0v) is 11.7. The van der Waals surface area contributed by atoms with Crippen LogP contribution in [-0.2, 0) is 6.54 Å². The molecule has 7 heteroatoms. The maximum Gasteiger partial charge on any atom is 0.171 e. The van der Waals surface area contributed by atoms with Crippen LogP contribution < -0.4 is 11.1 Å². The summed E-state index contributed by atoms with van der Waals surface area (Å²) in [7, 11) is 0. The number of rotatable bonds is 5. The summed E-state index contributed by atoms with van der Waals surface area (Å²) in [6, 6.07) is 0. The first kappa shape index (κ1) is 13.0. The van der Waals surface area contributed by atoms with Crippen molar-refractivity contribution < 1.29 is 4.79 Å². The minimum atomic E-state index is 0.00385. The first-order valence-corrected chi connectivity index (χ1v) is 7.36. The first-order valence-electron chi connectivity index (χ1n) is 5.32. The predicted molar refractivity (Wildman–Crippen MR) is 76.4 cm³/mol. The van der Waals surface area contributed by atoms with E-state index in [1.165, 1.54) is 18.3 Å². The largest absolute Gasteiger partial charge is 0.396 e. The third kappa shape index (κ3) is 2.51. The van der Waals surface area contributed by atoms with Gasteiger partial charge in [-0.2, -0.15) is 5.10 Å². The van der Waals surface area contributed by atoms with Gasteiger partial charge in [-0.15, -0.1) is 23.1 Å². The molecule has 0 saturated carbocycles. The van der Waals surface area contributed by atoms with Crippen LogP contribution in [0.25, 0.3) is 0 Å². The number of H-pyrrole nitrogens is 1. The van der Waals surface area contributed by atoms with Crippen LogP contribution in [0.5, 0.6) is 0 Å². The Labute approximate surface area is 113 Å². The number of aromatic nitrogens is 2. The third-order valence-corrected chi connectivity index (χ3v) is 4.66. The second-order valence-corrected chi connectivity index (χ2v) is 5.56. The highest BCUT2D eigenvalue weighted by molar-refractivity contribution is 7.99. The van der Waals surface area contributed by atoms with Gasteiger partial charge in [0.1, 0.15) is 5.00 Å². The van der Waals surface area contributed by atoms with Crippen molar-refractivity contribution in [2.24, 2.45) is 0 Å². The molecular formula is C11H14N4OS2. The Kier molecular flexibility index (Phi) is 3.93. The molecule has 0 aliphatic carbocycles. The second-order valence-electron chi connectivity index (χ2n) is 3.72. The van der Waals surface area contributed by atoms with Gasteiger partial charge in [0, 0.05) is 25.2 Å². The summed E-state index contributed by atoms with van der Waals surface area (Å²) in [5, 5.41) is 10.9. The van der Waals surface area contributed by atoms with E-state index < -0.39 is 0 Å². The molecule has 0 unspecified atom stereocenters. The molecule has 96 valence electrons. The van der Waals surface area contributed by atoms with E-state index in [-0.39, 0.29) is 5.78 Å². The summed E-state index contributed by atoms with van der Waals surface area (Å²) >= 11 is 2.95. The fourth-order valence-corrected chi connectivity index (χ4v) is 3.49. The summed E-state index contributed by atoms with van der Waals surface area (Å²) in [6.45, 7) is 2.19. The molecule has 0 aliphatic heterocycles. The van der Waals surface area contributed by atoms with E-state index in [4.69, 9.17) is 5.73 Å². The summed E-state index contributed by atoms with van der Waals surface area (Å²) in [5.41, 5.74) is 7.61. The van der Waals surface area contributed by atoms with E-state index in [1.54, 1.807) is 18.0 Å². The smallest absolute Gasteiger partial charge is 0.171 e. The lowest BCUT2D eigenvalue weighted by atomic mass is 10.3. The lowest BCUT2D eigenvalue weighted by Gasteiger charge is -2.04. The number of nitrogens with two attached hydrogens (primary N) is 1. The van der Waals surface area contributed by atoms with Crippen LogP contribution in [0.3, 0.4) is 0 Å². The molecule has 0 spiro atoms. The molecule has 2 heterocycles. The first-order chi connectivity index (χ1) is 8.63. The molecule has 0 atom stereocenters. The number of carbonyl (C=O) groups is 1. The number of nitrogens with zero attached hydrogens (tertiary/aromatic N) is 1. The summed E-state index contributed by atoms with van der Waals surface area (Å²) in [4.78, 5) is 13.0. The predicted octanol–water partition coefficient (Wildman–Crippen LogP) is 2.59. The number of aromatic amines is 1. The van der Waals surface area contributed by atoms with Crippen molar-refractivity contribution in [3.8, 4) is 0 Å². The average Bonchev–Trinajstić information content (AvgIpc) is 2.93. The number of ketones is 1. The zero-order valence-electron chi connectivity index (χ0n) is 10.1. The van der Waals surface area contributed by atoms with Gasteiger partial charge >= 0.3 is 0 Å². The van der Waals surface area contributed by atoms with Crippen molar-refractivity contribution in [3.05, 3.63) is 22.8 Å². The van der Waals surface area contributed by atoms with Gasteiger partial charge in [0.05, 0.1) is 21.7 Å². The fraction of sp³-hybridized carbons (Fsp3) is 0.273. The van der Waals surface area contributed by atoms with Crippen LogP contribution in [0.2, 0.25) is 0 Å². The van der Waals surface area contributed by atoms with Crippen LogP contribution in [0.1, 0.15) is 22.2 Å². The maximum absolute atomic E-state index is 11.5. The highest BCUT2D eigenvalue weighted by Crippen LogP contribution is 2.41. The third-order valence-electron chi connectivity index (χ3n) is 2.43. The van der Waals surface area contributed by atoms with Gasteiger partial charge in [0.2, 0.25) is 0 Å². The van der Waals surface area contributed by atoms with Crippen molar-refractivity contribution in [2.45, 2.75) is 18.4 Å². The second kappa shape index (κ2) is 5.45. The highest BCUT2D eigenvalue weighted by Gasteiger charge is 2.17. The number of hydrogen-bond donors (Lipinski definition) is 3. The van der Waals surface area contributed by atoms with Crippen LogP contribution in [0.4, 0.5) is 10.7 Å². The Morgan fingerprint density at radius 2 is 2.44 bits per heavy atom. The monoisotopic (exact) mass is 282 g/mol. The number of hydrogen-bond acceptors (Lipinski definition) is 6. The molecule has 0 saturated heterocycles. The van der Waals surface area contributed by atoms with Gasteiger partial charge in [0.25, 0.3) is 0 Å². The molecule has 2 aromatic rings. The normalized spacial score (nSPS) is 10.6. The average molecular weight is 282 g/mol. The van der Waals surface area contributed by atoms with Crippen LogP contribution in [0.15, 0.2) is 17.3 Å². The Bertz CT molecular complexity index is 548. The van der Waals surface area contributed by atoms with Crippen LogP contribution >= 0.6 is 23.1 Å². The van der Waals surface area contributed by atoms with Gasteiger partial charge < -0.3 is 11.1 Å². The van der Waals surface area contributed by atoms with Crippen molar-refractivity contribution in [2.75, 3.05) is 17.3 Å². The maximum atomic E-state index is 11.5. The molecule has 0 radical (unpaired) electrons. The van der Waals surface area contributed by atoms with E-state index in [0.29, 0.717) is 17.1 Å². The van der Waals surface area contributed by atoms with E-state index in [2.05, 4.69) is 15.5 Å². The number of anilines is 2. The van der Waals surface area contributed by atoms with E-state index >= 15 is 0 Å². The lowest BCUT2D eigenvalue weighted by molar-refractivity contribution is 0.102. The summed E-state index contributed by atoms with van der Waals surface area (Å²) in [5.74, 6) is 0.00385. The minimum Gasteiger partial charge on any atom is -0.396 e. The quantitative estimate of drug-likeness (QED) is 0.580.